The number of aliphatic hydroxyl groups is 1. The smallest absolute Gasteiger partial charge is 0.262 e. The number of rotatable bonds is 8. The van der Waals surface area contributed by atoms with Gasteiger partial charge < -0.3 is 5.11 Å². The quantitative estimate of drug-likeness (QED) is 0.463. The number of benzene rings is 1. The van der Waals surface area contributed by atoms with Crippen LogP contribution in [0.25, 0.3) is 10.9 Å². The fraction of sp³-hybridized carbons (Fsp3) is 0.500. The van der Waals surface area contributed by atoms with Crippen molar-refractivity contribution in [2.75, 3.05) is 12.4 Å². The van der Waals surface area contributed by atoms with Crippen LogP contribution >= 0.6 is 11.8 Å². The molecule has 0 unspecified atom stereocenters. The molecule has 4 nitrogen and oxygen atoms in total. The first kappa shape index (κ1) is 16.0. The summed E-state index contributed by atoms with van der Waals surface area (Å²) in [5.41, 5.74) is 0.743. The predicted molar refractivity (Wildman–Crippen MR) is 88.0 cm³/mol. The fourth-order valence-electron chi connectivity index (χ4n) is 2.20. The summed E-state index contributed by atoms with van der Waals surface area (Å²) in [5, 5.41) is 10.4. The molecule has 114 valence electrons. The van der Waals surface area contributed by atoms with Crippen LogP contribution in [0, 0.1) is 0 Å². The van der Waals surface area contributed by atoms with E-state index in [-0.39, 0.29) is 12.2 Å². The third-order valence-electron chi connectivity index (χ3n) is 3.35. The van der Waals surface area contributed by atoms with Gasteiger partial charge >= 0.3 is 0 Å². The highest BCUT2D eigenvalue weighted by Crippen LogP contribution is 2.19. The highest BCUT2D eigenvalue weighted by molar-refractivity contribution is 7.99. The summed E-state index contributed by atoms with van der Waals surface area (Å²) in [6.07, 6.45) is 4.08. The average molecular weight is 306 g/mol. The largest absolute Gasteiger partial charge is 0.396 e. The Morgan fingerprint density at radius 1 is 1.24 bits per heavy atom. The first-order valence-corrected chi connectivity index (χ1v) is 8.49. The Morgan fingerprint density at radius 2 is 2.05 bits per heavy atom. The minimum absolute atomic E-state index is 0.00737. The first-order chi connectivity index (χ1) is 10.3. The van der Waals surface area contributed by atoms with E-state index in [1.165, 1.54) is 12.8 Å². The lowest BCUT2D eigenvalue weighted by molar-refractivity contribution is 0.276. The summed E-state index contributed by atoms with van der Waals surface area (Å²) in [4.78, 5) is 17.2. The molecular weight excluding hydrogens is 284 g/mol. The topological polar surface area (TPSA) is 55.1 Å². The van der Waals surface area contributed by atoms with Crippen molar-refractivity contribution in [2.45, 2.75) is 44.3 Å². The van der Waals surface area contributed by atoms with E-state index in [1.807, 2.05) is 24.3 Å². The number of aromatic nitrogens is 2. The molecule has 0 aliphatic carbocycles. The highest BCUT2D eigenvalue weighted by Gasteiger charge is 2.10. The van der Waals surface area contributed by atoms with Gasteiger partial charge in [-0.25, -0.2) is 4.98 Å². The molecule has 0 radical (unpaired) electrons. The number of nitrogens with zero attached hydrogens (tertiary/aromatic N) is 2. The molecule has 2 rings (SSSR count). The molecule has 0 saturated heterocycles. The summed E-state index contributed by atoms with van der Waals surface area (Å²) in [5.74, 6) is 0.970. The number of fused-ring (bicyclic) bond motifs is 1. The van der Waals surface area contributed by atoms with Gasteiger partial charge in [-0.2, -0.15) is 0 Å². The van der Waals surface area contributed by atoms with Crippen molar-refractivity contribution in [1.82, 2.24) is 9.55 Å². The maximum absolute atomic E-state index is 12.6. The molecule has 0 bridgehead atoms. The molecule has 0 fully saturated rings. The minimum Gasteiger partial charge on any atom is -0.396 e. The highest BCUT2D eigenvalue weighted by atomic mass is 32.2. The number of hydrogen-bond donors (Lipinski definition) is 1. The molecule has 1 heterocycles. The molecule has 21 heavy (non-hydrogen) atoms. The monoisotopic (exact) mass is 306 g/mol. The molecule has 0 aliphatic heterocycles. The Balaban J connectivity index is 2.33. The van der Waals surface area contributed by atoms with E-state index in [4.69, 9.17) is 5.11 Å². The summed E-state index contributed by atoms with van der Waals surface area (Å²) >= 11 is 1.64. The normalized spacial score (nSPS) is 11.1. The van der Waals surface area contributed by atoms with E-state index in [0.717, 1.165) is 22.8 Å². The third-order valence-corrected chi connectivity index (χ3v) is 4.41. The van der Waals surface area contributed by atoms with Crippen LogP contribution in [0.2, 0.25) is 0 Å². The number of aliphatic hydroxyl groups excluding tert-OH is 1. The zero-order valence-electron chi connectivity index (χ0n) is 12.4. The van der Waals surface area contributed by atoms with E-state index >= 15 is 0 Å². The van der Waals surface area contributed by atoms with Crippen molar-refractivity contribution in [2.24, 2.45) is 0 Å². The van der Waals surface area contributed by atoms with Crippen LogP contribution in [0.1, 0.15) is 32.6 Å². The van der Waals surface area contributed by atoms with Crippen LogP contribution in [-0.2, 0) is 6.54 Å². The van der Waals surface area contributed by atoms with Crippen molar-refractivity contribution in [3.63, 3.8) is 0 Å². The van der Waals surface area contributed by atoms with Crippen LogP contribution in [0.15, 0.2) is 34.2 Å². The Kier molecular flexibility index (Phi) is 6.26. The van der Waals surface area contributed by atoms with Crippen molar-refractivity contribution in [3.8, 4) is 0 Å². The van der Waals surface area contributed by atoms with Gasteiger partial charge in [0.15, 0.2) is 5.16 Å². The second kappa shape index (κ2) is 8.20. The zero-order chi connectivity index (χ0) is 15.1. The molecule has 0 spiro atoms. The molecule has 1 aromatic heterocycles. The number of para-hydroxylation sites is 1. The van der Waals surface area contributed by atoms with Crippen LogP contribution in [-0.4, -0.2) is 27.0 Å². The Morgan fingerprint density at radius 3 is 2.81 bits per heavy atom. The van der Waals surface area contributed by atoms with Gasteiger partial charge in [0, 0.05) is 18.9 Å². The minimum atomic E-state index is -0.00737. The first-order valence-electron chi connectivity index (χ1n) is 7.51. The Labute approximate surface area is 129 Å². The third kappa shape index (κ3) is 4.08. The van der Waals surface area contributed by atoms with Crippen molar-refractivity contribution in [3.05, 3.63) is 34.6 Å². The van der Waals surface area contributed by atoms with Gasteiger partial charge in [-0.15, -0.1) is 0 Å². The van der Waals surface area contributed by atoms with Gasteiger partial charge in [0.25, 0.3) is 5.56 Å². The molecule has 0 atom stereocenters. The van der Waals surface area contributed by atoms with Crippen molar-refractivity contribution in [1.29, 1.82) is 0 Å². The lowest BCUT2D eigenvalue weighted by atomic mass is 10.2. The van der Waals surface area contributed by atoms with Gasteiger partial charge in [-0.3, -0.25) is 9.36 Å². The summed E-state index contributed by atoms with van der Waals surface area (Å²) in [7, 11) is 0. The summed E-state index contributed by atoms with van der Waals surface area (Å²) < 4.78 is 1.70. The van der Waals surface area contributed by atoms with E-state index in [0.29, 0.717) is 18.4 Å². The molecule has 2 aromatic rings. The molecule has 5 heteroatoms. The number of hydrogen-bond acceptors (Lipinski definition) is 4. The van der Waals surface area contributed by atoms with Crippen LogP contribution in [0.5, 0.6) is 0 Å². The molecule has 0 saturated carbocycles. The van der Waals surface area contributed by atoms with E-state index in [1.54, 1.807) is 16.3 Å². The SMILES string of the molecule is CCCCCSc1nc2ccccc2c(=O)n1CCCO. The molecular formula is C16H22N2O2S. The van der Waals surface area contributed by atoms with E-state index < -0.39 is 0 Å². The molecule has 0 amide bonds. The second-order valence-electron chi connectivity index (χ2n) is 5.00. The summed E-state index contributed by atoms with van der Waals surface area (Å²) in [6.45, 7) is 2.78. The lowest BCUT2D eigenvalue weighted by Crippen LogP contribution is -2.24. The molecule has 1 aromatic carbocycles. The number of unbranched alkanes of at least 4 members (excludes halogenated alkanes) is 2. The van der Waals surface area contributed by atoms with Gasteiger partial charge in [0.05, 0.1) is 10.9 Å². The zero-order valence-corrected chi connectivity index (χ0v) is 13.2. The number of thioether (sulfide) groups is 1. The van der Waals surface area contributed by atoms with Gasteiger partial charge in [0.2, 0.25) is 0 Å². The van der Waals surface area contributed by atoms with E-state index in [2.05, 4.69) is 11.9 Å². The van der Waals surface area contributed by atoms with Crippen LogP contribution in [0.3, 0.4) is 0 Å². The van der Waals surface area contributed by atoms with Gasteiger partial charge in [-0.05, 0) is 25.0 Å². The van der Waals surface area contributed by atoms with Crippen molar-refractivity contribution >= 4 is 22.7 Å². The van der Waals surface area contributed by atoms with Crippen LogP contribution in [0.4, 0.5) is 0 Å². The standard InChI is InChI=1S/C16H22N2O2S/c1-2-3-6-12-21-16-17-14-9-5-4-8-13(14)15(20)18(16)10-7-11-19/h4-5,8-9,19H,2-3,6-7,10-12H2,1H3. The van der Waals surface area contributed by atoms with Crippen LogP contribution < -0.4 is 5.56 Å². The Hall–Kier alpha value is -1.33. The molecule has 0 aliphatic rings. The van der Waals surface area contributed by atoms with Gasteiger partial charge in [-0.1, -0.05) is 43.7 Å². The maximum Gasteiger partial charge on any atom is 0.262 e. The second-order valence-corrected chi connectivity index (χ2v) is 6.06. The van der Waals surface area contributed by atoms with Crippen molar-refractivity contribution < 1.29 is 5.11 Å². The summed E-state index contributed by atoms with van der Waals surface area (Å²) in [6, 6.07) is 7.45. The predicted octanol–water partition coefficient (Wildman–Crippen LogP) is 3.06. The Bertz CT molecular complexity index is 640. The van der Waals surface area contributed by atoms with E-state index in [9.17, 15) is 4.79 Å². The lowest BCUT2D eigenvalue weighted by Gasteiger charge is -2.12. The fourth-order valence-corrected chi connectivity index (χ4v) is 3.22. The molecule has 1 N–H and O–H groups in total. The maximum atomic E-state index is 12.6. The average Bonchev–Trinajstić information content (AvgIpc) is 2.51. The van der Waals surface area contributed by atoms with Gasteiger partial charge in [0.1, 0.15) is 0 Å².